The Hall–Kier alpha value is -1.14. The third-order valence-electron chi connectivity index (χ3n) is 2.20. The van der Waals surface area contributed by atoms with E-state index in [1.54, 1.807) is 0 Å². The molecule has 0 aliphatic rings. The number of benzene rings is 1. The highest BCUT2D eigenvalue weighted by atomic mass is 19.4. The molecule has 0 aliphatic carbocycles. The van der Waals surface area contributed by atoms with Gasteiger partial charge in [-0.2, -0.15) is 13.2 Å². The third-order valence-corrected chi connectivity index (χ3v) is 2.20. The lowest BCUT2D eigenvalue weighted by Gasteiger charge is -2.14. The van der Waals surface area contributed by atoms with E-state index in [0.29, 0.717) is 6.07 Å². The van der Waals surface area contributed by atoms with Gasteiger partial charge >= 0.3 is 6.18 Å². The third kappa shape index (κ3) is 2.93. The lowest BCUT2D eigenvalue weighted by molar-refractivity contribution is -0.137. The van der Waals surface area contributed by atoms with Crippen LogP contribution in [0.5, 0.6) is 0 Å². The summed E-state index contributed by atoms with van der Waals surface area (Å²) in [7, 11) is 0. The van der Waals surface area contributed by atoms with Crippen molar-refractivity contribution in [2.24, 2.45) is 11.5 Å². The van der Waals surface area contributed by atoms with Crippen LogP contribution in [0.3, 0.4) is 0 Å². The second kappa shape index (κ2) is 4.80. The van der Waals surface area contributed by atoms with Gasteiger partial charge < -0.3 is 11.5 Å². The van der Waals surface area contributed by atoms with Gasteiger partial charge in [-0.25, -0.2) is 4.39 Å². The number of alkyl halides is 3. The van der Waals surface area contributed by atoms with E-state index in [4.69, 9.17) is 11.5 Å². The van der Waals surface area contributed by atoms with E-state index in [1.807, 2.05) is 0 Å². The molecule has 0 saturated carbocycles. The van der Waals surface area contributed by atoms with Crippen molar-refractivity contribution in [3.8, 4) is 0 Å². The molecular weight excluding hydrogens is 224 g/mol. The van der Waals surface area contributed by atoms with E-state index >= 15 is 0 Å². The zero-order chi connectivity index (χ0) is 12.3. The lowest BCUT2D eigenvalue weighted by Crippen LogP contribution is -2.18. The molecule has 1 aromatic rings. The molecular formula is C10H12F4N2. The fraction of sp³-hybridized carbons (Fsp3) is 0.400. The van der Waals surface area contributed by atoms with E-state index in [-0.39, 0.29) is 18.5 Å². The van der Waals surface area contributed by atoms with Gasteiger partial charge in [0.2, 0.25) is 0 Å². The number of halogens is 4. The summed E-state index contributed by atoms with van der Waals surface area (Å²) in [6.07, 6.45) is -4.26. The minimum atomic E-state index is -4.50. The SMILES string of the molecule is NCC[C@H](N)c1cc(C(F)(F)F)ccc1F. The van der Waals surface area contributed by atoms with Crippen molar-refractivity contribution in [2.45, 2.75) is 18.6 Å². The van der Waals surface area contributed by atoms with E-state index in [0.717, 1.165) is 12.1 Å². The van der Waals surface area contributed by atoms with Gasteiger partial charge in [0, 0.05) is 11.6 Å². The van der Waals surface area contributed by atoms with Gasteiger partial charge in [0.15, 0.2) is 0 Å². The normalized spacial score (nSPS) is 13.9. The second-order valence-electron chi connectivity index (χ2n) is 3.42. The fourth-order valence-corrected chi connectivity index (χ4v) is 1.34. The maximum atomic E-state index is 13.2. The van der Waals surface area contributed by atoms with Crippen molar-refractivity contribution < 1.29 is 17.6 Å². The molecule has 0 aliphatic heterocycles. The molecule has 90 valence electrons. The molecule has 0 fully saturated rings. The van der Waals surface area contributed by atoms with Crippen LogP contribution in [0.1, 0.15) is 23.6 Å². The topological polar surface area (TPSA) is 52.0 Å². The van der Waals surface area contributed by atoms with Crippen LogP contribution in [0.4, 0.5) is 17.6 Å². The average molecular weight is 236 g/mol. The van der Waals surface area contributed by atoms with Crippen LogP contribution in [0.25, 0.3) is 0 Å². The van der Waals surface area contributed by atoms with Crippen molar-refractivity contribution >= 4 is 0 Å². The summed E-state index contributed by atoms with van der Waals surface area (Å²) in [6.45, 7) is 0.191. The Bertz CT molecular complexity index is 362. The van der Waals surface area contributed by atoms with Crippen molar-refractivity contribution in [3.05, 3.63) is 35.1 Å². The monoisotopic (exact) mass is 236 g/mol. The Morgan fingerprint density at radius 3 is 2.38 bits per heavy atom. The van der Waals surface area contributed by atoms with E-state index < -0.39 is 23.6 Å². The molecule has 4 N–H and O–H groups in total. The van der Waals surface area contributed by atoms with Gasteiger partial charge in [0.05, 0.1) is 5.56 Å². The molecule has 6 heteroatoms. The molecule has 2 nitrogen and oxygen atoms in total. The summed E-state index contributed by atoms with van der Waals surface area (Å²) >= 11 is 0. The summed E-state index contributed by atoms with van der Waals surface area (Å²) in [6, 6.07) is 1.38. The van der Waals surface area contributed by atoms with Gasteiger partial charge in [-0.15, -0.1) is 0 Å². The van der Waals surface area contributed by atoms with Gasteiger partial charge in [-0.1, -0.05) is 0 Å². The molecule has 0 radical (unpaired) electrons. The minimum Gasteiger partial charge on any atom is -0.330 e. The van der Waals surface area contributed by atoms with Gasteiger partial charge in [0.25, 0.3) is 0 Å². The van der Waals surface area contributed by atoms with Crippen LogP contribution < -0.4 is 11.5 Å². The molecule has 0 saturated heterocycles. The Labute approximate surface area is 90.2 Å². The number of nitrogens with two attached hydrogens (primary N) is 2. The number of rotatable bonds is 3. The molecule has 1 rings (SSSR count). The summed E-state index contributed by atoms with van der Waals surface area (Å²) in [5.74, 6) is -0.742. The second-order valence-corrected chi connectivity index (χ2v) is 3.42. The highest BCUT2D eigenvalue weighted by Gasteiger charge is 2.31. The quantitative estimate of drug-likeness (QED) is 0.790. The van der Waals surface area contributed by atoms with Crippen LogP contribution in [-0.4, -0.2) is 6.54 Å². The smallest absolute Gasteiger partial charge is 0.330 e. The molecule has 16 heavy (non-hydrogen) atoms. The summed E-state index contributed by atoms with van der Waals surface area (Å²) < 4.78 is 50.3. The maximum absolute atomic E-state index is 13.2. The zero-order valence-corrected chi connectivity index (χ0v) is 8.39. The van der Waals surface area contributed by atoms with Crippen molar-refractivity contribution in [2.75, 3.05) is 6.54 Å². The summed E-state index contributed by atoms with van der Waals surface area (Å²) in [4.78, 5) is 0. The molecule has 0 aromatic heterocycles. The van der Waals surface area contributed by atoms with E-state index in [2.05, 4.69) is 0 Å². The van der Waals surface area contributed by atoms with Crippen molar-refractivity contribution in [1.29, 1.82) is 0 Å². The predicted molar refractivity (Wildman–Crippen MR) is 52.0 cm³/mol. The van der Waals surface area contributed by atoms with Gasteiger partial charge in [0.1, 0.15) is 5.82 Å². The van der Waals surface area contributed by atoms with Crippen LogP contribution in [0.15, 0.2) is 18.2 Å². The highest BCUT2D eigenvalue weighted by Crippen LogP contribution is 2.31. The Morgan fingerprint density at radius 1 is 1.25 bits per heavy atom. The van der Waals surface area contributed by atoms with Crippen molar-refractivity contribution in [1.82, 2.24) is 0 Å². The first-order chi connectivity index (χ1) is 7.36. The predicted octanol–water partition coefficient (Wildman–Crippen LogP) is 2.19. The molecule has 1 atom stereocenters. The lowest BCUT2D eigenvalue weighted by atomic mass is 10.0. The van der Waals surface area contributed by atoms with Crippen LogP contribution >= 0.6 is 0 Å². The maximum Gasteiger partial charge on any atom is 0.416 e. The van der Waals surface area contributed by atoms with Gasteiger partial charge in [-0.05, 0) is 31.2 Å². The standard InChI is InChI=1S/C10H12F4N2/c11-8-2-1-6(10(12,13)14)5-7(8)9(16)3-4-15/h1-2,5,9H,3-4,15-16H2/t9-/m0/s1. The Morgan fingerprint density at radius 2 is 1.88 bits per heavy atom. The Kier molecular flexibility index (Phi) is 3.88. The van der Waals surface area contributed by atoms with Crippen LogP contribution in [-0.2, 0) is 6.18 Å². The zero-order valence-electron chi connectivity index (χ0n) is 8.39. The fourth-order valence-electron chi connectivity index (χ4n) is 1.34. The Balaban J connectivity index is 3.09. The molecule has 0 unspecified atom stereocenters. The number of hydrogen-bond donors (Lipinski definition) is 2. The van der Waals surface area contributed by atoms with E-state index in [1.165, 1.54) is 0 Å². The van der Waals surface area contributed by atoms with Crippen LogP contribution in [0, 0.1) is 5.82 Å². The van der Waals surface area contributed by atoms with Gasteiger partial charge in [-0.3, -0.25) is 0 Å². The van der Waals surface area contributed by atoms with E-state index in [9.17, 15) is 17.6 Å². The van der Waals surface area contributed by atoms with Crippen LogP contribution in [0.2, 0.25) is 0 Å². The molecule has 0 heterocycles. The van der Waals surface area contributed by atoms with Crippen molar-refractivity contribution in [3.63, 3.8) is 0 Å². The summed E-state index contributed by atoms with van der Waals surface area (Å²) in [5, 5.41) is 0. The first-order valence-corrected chi connectivity index (χ1v) is 4.68. The molecule has 1 aromatic carbocycles. The number of hydrogen-bond acceptors (Lipinski definition) is 2. The molecule has 0 bridgehead atoms. The largest absolute Gasteiger partial charge is 0.416 e. The first kappa shape index (κ1) is 12.9. The minimum absolute atomic E-state index is 0.153. The first-order valence-electron chi connectivity index (χ1n) is 4.68. The molecule has 0 spiro atoms. The highest BCUT2D eigenvalue weighted by molar-refractivity contribution is 5.29. The molecule has 0 amide bonds. The average Bonchev–Trinajstić information content (AvgIpc) is 2.16. The summed E-state index contributed by atoms with van der Waals surface area (Å²) in [5.41, 5.74) is 9.69.